The van der Waals surface area contributed by atoms with E-state index in [-0.39, 0.29) is 12.2 Å². The predicted octanol–water partition coefficient (Wildman–Crippen LogP) is 4.56. The number of aryl methyl sites for hydroxylation is 3. The number of ether oxygens (including phenoxy) is 2. The van der Waals surface area contributed by atoms with Crippen LogP contribution in [0.3, 0.4) is 0 Å². The molecule has 0 aliphatic heterocycles. The van der Waals surface area contributed by atoms with Gasteiger partial charge in [-0.3, -0.25) is 4.79 Å². The number of esters is 1. The number of hydrogen-bond donors (Lipinski definition) is 0. The number of carbonyl (C=O) groups is 2. The van der Waals surface area contributed by atoms with E-state index in [1.54, 1.807) is 12.1 Å². The Kier molecular flexibility index (Phi) is 6.37. The Labute approximate surface area is 156 Å². The van der Waals surface area contributed by atoms with Crippen LogP contribution in [0.15, 0.2) is 34.8 Å². The summed E-state index contributed by atoms with van der Waals surface area (Å²) in [5.41, 5.74) is 4.39. The zero-order valence-corrected chi connectivity index (χ0v) is 16.4. The first kappa shape index (κ1) is 19.2. The fourth-order valence-electron chi connectivity index (χ4n) is 2.66. The molecule has 0 fully saturated rings. The Morgan fingerprint density at radius 3 is 2.48 bits per heavy atom. The number of hydrogen-bond acceptors (Lipinski definition) is 4. The van der Waals surface area contributed by atoms with E-state index in [0.717, 1.165) is 17.7 Å². The Morgan fingerprint density at radius 1 is 1.12 bits per heavy atom. The summed E-state index contributed by atoms with van der Waals surface area (Å²) in [5.74, 6) is -0.808. The third-order valence-corrected chi connectivity index (χ3v) is 4.86. The van der Waals surface area contributed by atoms with Crippen LogP contribution in [0.2, 0.25) is 0 Å². The van der Waals surface area contributed by atoms with Gasteiger partial charge in [-0.05, 0) is 49.1 Å². The lowest BCUT2D eigenvalue weighted by atomic mass is 10.0. The number of carbonyl (C=O) groups excluding carboxylic acids is 2. The van der Waals surface area contributed by atoms with Gasteiger partial charge in [-0.15, -0.1) is 0 Å². The van der Waals surface area contributed by atoms with Crippen molar-refractivity contribution in [2.45, 2.75) is 33.8 Å². The third kappa shape index (κ3) is 4.28. The van der Waals surface area contributed by atoms with Crippen LogP contribution in [0.4, 0.5) is 0 Å². The van der Waals surface area contributed by atoms with Crippen LogP contribution in [0.25, 0.3) is 0 Å². The van der Waals surface area contributed by atoms with Gasteiger partial charge in [-0.2, -0.15) is 0 Å². The van der Waals surface area contributed by atoms with Crippen molar-refractivity contribution in [2.75, 3.05) is 7.11 Å². The molecule has 132 valence electrons. The zero-order valence-electron chi connectivity index (χ0n) is 14.8. The van der Waals surface area contributed by atoms with Crippen LogP contribution in [-0.4, -0.2) is 18.9 Å². The second-order valence-electron chi connectivity index (χ2n) is 5.77. The average molecular weight is 405 g/mol. The van der Waals surface area contributed by atoms with E-state index in [1.807, 2.05) is 19.1 Å². The van der Waals surface area contributed by atoms with E-state index in [2.05, 4.69) is 40.6 Å². The molecule has 0 amide bonds. The van der Waals surface area contributed by atoms with Gasteiger partial charge in [0.05, 0.1) is 7.11 Å². The number of rotatable bonds is 6. The largest absolute Gasteiger partial charge is 0.489 e. The van der Waals surface area contributed by atoms with Crippen molar-refractivity contribution in [3.63, 3.8) is 0 Å². The standard InChI is InChI=1S/C20H21BrO4/c1-5-14-9-13(3)18(10-12(14)2)25-11-16-15(7-6-8-17(16)21)19(22)20(23)24-4/h6-10H,5,11H2,1-4H3. The van der Waals surface area contributed by atoms with Crippen LogP contribution in [0.5, 0.6) is 5.75 Å². The van der Waals surface area contributed by atoms with Crippen molar-refractivity contribution in [3.05, 3.63) is 62.6 Å². The molecule has 0 atom stereocenters. The summed E-state index contributed by atoms with van der Waals surface area (Å²) in [6.45, 7) is 6.34. The van der Waals surface area contributed by atoms with E-state index in [0.29, 0.717) is 10.0 Å². The molecule has 0 unspecified atom stereocenters. The van der Waals surface area contributed by atoms with Crippen molar-refractivity contribution in [1.82, 2.24) is 0 Å². The van der Waals surface area contributed by atoms with Gasteiger partial charge < -0.3 is 9.47 Å². The average Bonchev–Trinajstić information content (AvgIpc) is 2.61. The summed E-state index contributed by atoms with van der Waals surface area (Å²) in [5, 5.41) is 0. The summed E-state index contributed by atoms with van der Waals surface area (Å²) in [7, 11) is 1.19. The monoisotopic (exact) mass is 404 g/mol. The molecule has 2 aromatic rings. The van der Waals surface area contributed by atoms with Crippen molar-refractivity contribution < 1.29 is 19.1 Å². The highest BCUT2D eigenvalue weighted by molar-refractivity contribution is 9.10. The maximum absolute atomic E-state index is 12.2. The molecular weight excluding hydrogens is 384 g/mol. The van der Waals surface area contributed by atoms with Gasteiger partial charge in [0.15, 0.2) is 0 Å². The Morgan fingerprint density at radius 2 is 1.84 bits per heavy atom. The summed E-state index contributed by atoms with van der Waals surface area (Å²) in [6, 6.07) is 9.24. The van der Waals surface area contributed by atoms with Gasteiger partial charge in [-0.1, -0.05) is 41.1 Å². The number of methoxy groups -OCH3 is 1. The van der Waals surface area contributed by atoms with E-state index < -0.39 is 11.8 Å². The second kappa shape index (κ2) is 8.30. The number of halogens is 1. The molecule has 0 heterocycles. The van der Waals surface area contributed by atoms with Crippen LogP contribution < -0.4 is 4.74 Å². The van der Waals surface area contributed by atoms with Crippen molar-refractivity contribution in [1.29, 1.82) is 0 Å². The van der Waals surface area contributed by atoms with E-state index in [4.69, 9.17) is 4.74 Å². The highest BCUT2D eigenvalue weighted by atomic mass is 79.9. The van der Waals surface area contributed by atoms with Crippen LogP contribution in [0, 0.1) is 13.8 Å². The molecule has 0 bridgehead atoms. The van der Waals surface area contributed by atoms with Crippen LogP contribution in [0.1, 0.15) is 39.5 Å². The lowest BCUT2D eigenvalue weighted by Crippen LogP contribution is -2.18. The van der Waals surface area contributed by atoms with E-state index in [9.17, 15) is 9.59 Å². The molecule has 0 aliphatic carbocycles. The third-order valence-electron chi connectivity index (χ3n) is 4.12. The SMILES string of the molecule is CCc1cc(C)c(OCc2c(Br)cccc2C(=O)C(=O)OC)cc1C. The van der Waals surface area contributed by atoms with Gasteiger partial charge in [-0.25, -0.2) is 4.79 Å². The number of Topliss-reactive ketones (excluding diaryl/α,β-unsaturated/α-hetero) is 1. The molecule has 2 rings (SSSR count). The molecular formula is C20H21BrO4. The second-order valence-corrected chi connectivity index (χ2v) is 6.63. The highest BCUT2D eigenvalue weighted by Crippen LogP contribution is 2.27. The maximum atomic E-state index is 12.2. The first-order chi connectivity index (χ1) is 11.9. The van der Waals surface area contributed by atoms with E-state index in [1.165, 1.54) is 18.2 Å². The van der Waals surface area contributed by atoms with Gasteiger partial charge in [0.1, 0.15) is 12.4 Å². The summed E-state index contributed by atoms with van der Waals surface area (Å²) in [6.07, 6.45) is 0.967. The lowest BCUT2D eigenvalue weighted by Gasteiger charge is -2.15. The predicted molar refractivity (Wildman–Crippen MR) is 100 cm³/mol. The molecule has 0 aromatic heterocycles. The Hall–Kier alpha value is -2.14. The first-order valence-corrected chi connectivity index (χ1v) is 8.81. The maximum Gasteiger partial charge on any atom is 0.379 e. The molecule has 25 heavy (non-hydrogen) atoms. The topological polar surface area (TPSA) is 52.6 Å². The molecule has 0 spiro atoms. The van der Waals surface area contributed by atoms with Crippen molar-refractivity contribution in [2.24, 2.45) is 0 Å². The normalized spacial score (nSPS) is 10.4. The molecule has 5 heteroatoms. The first-order valence-electron chi connectivity index (χ1n) is 8.02. The van der Waals surface area contributed by atoms with E-state index >= 15 is 0 Å². The molecule has 0 aliphatic rings. The minimum absolute atomic E-state index is 0.172. The highest BCUT2D eigenvalue weighted by Gasteiger charge is 2.22. The Balaban J connectivity index is 2.31. The van der Waals surface area contributed by atoms with Gasteiger partial charge in [0.25, 0.3) is 5.78 Å². The summed E-state index contributed by atoms with van der Waals surface area (Å²) >= 11 is 3.43. The minimum atomic E-state index is -0.890. The molecule has 0 radical (unpaired) electrons. The molecule has 4 nitrogen and oxygen atoms in total. The molecule has 0 N–H and O–H groups in total. The van der Waals surface area contributed by atoms with Crippen molar-refractivity contribution in [3.8, 4) is 5.75 Å². The molecule has 0 saturated carbocycles. The number of benzene rings is 2. The van der Waals surface area contributed by atoms with Crippen LogP contribution >= 0.6 is 15.9 Å². The fraction of sp³-hybridized carbons (Fsp3) is 0.300. The van der Waals surface area contributed by atoms with Gasteiger partial charge in [0.2, 0.25) is 0 Å². The fourth-order valence-corrected chi connectivity index (χ4v) is 3.14. The zero-order chi connectivity index (χ0) is 18.6. The van der Waals surface area contributed by atoms with Crippen molar-refractivity contribution >= 4 is 27.7 Å². The molecule has 2 aromatic carbocycles. The minimum Gasteiger partial charge on any atom is -0.489 e. The quantitative estimate of drug-likeness (QED) is 0.402. The molecule has 0 saturated heterocycles. The van der Waals surface area contributed by atoms with Gasteiger partial charge >= 0.3 is 5.97 Å². The van der Waals surface area contributed by atoms with Crippen LogP contribution in [-0.2, 0) is 22.6 Å². The van der Waals surface area contributed by atoms with Gasteiger partial charge in [0, 0.05) is 15.6 Å². The summed E-state index contributed by atoms with van der Waals surface area (Å²) < 4.78 is 11.2. The number of ketones is 1. The summed E-state index contributed by atoms with van der Waals surface area (Å²) in [4.78, 5) is 23.8. The lowest BCUT2D eigenvalue weighted by molar-refractivity contribution is -0.135. The smallest absolute Gasteiger partial charge is 0.379 e. The Bertz CT molecular complexity index is 812.